The zero-order valence-corrected chi connectivity index (χ0v) is 17.3. The Morgan fingerprint density at radius 1 is 1.03 bits per heavy atom. The Bertz CT molecular complexity index is 1140. The van der Waals surface area contributed by atoms with Crippen molar-refractivity contribution in [2.45, 2.75) is 20.4 Å². The third-order valence-electron chi connectivity index (χ3n) is 5.17. The molecule has 0 atom stereocenters. The van der Waals surface area contributed by atoms with E-state index in [9.17, 15) is 4.79 Å². The van der Waals surface area contributed by atoms with Crippen molar-refractivity contribution in [2.75, 3.05) is 7.11 Å². The molecule has 2 aromatic heterocycles. The van der Waals surface area contributed by atoms with Crippen molar-refractivity contribution in [3.63, 3.8) is 0 Å². The van der Waals surface area contributed by atoms with Crippen LogP contribution in [-0.2, 0) is 6.54 Å². The third-order valence-corrected chi connectivity index (χ3v) is 5.17. The van der Waals surface area contributed by atoms with Crippen LogP contribution >= 0.6 is 0 Å². The molecule has 1 amide bonds. The number of nitrogens with one attached hydrogen (secondary N) is 1. The van der Waals surface area contributed by atoms with Gasteiger partial charge in [0, 0.05) is 11.4 Å². The van der Waals surface area contributed by atoms with Gasteiger partial charge >= 0.3 is 0 Å². The number of furan rings is 1. The van der Waals surface area contributed by atoms with Gasteiger partial charge in [0.1, 0.15) is 11.5 Å². The quantitative estimate of drug-likeness (QED) is 0.478. The van der Waals surface area contributed by atoms with Gasteiger partial charge in [-0.2, -0.15) is 0 Å². The lowest BCUT2D eigenvalue weighted by Gasteiger charge is -2.13. The fourth-order valence-electron chi connectivity index (χ4n) is 3.51. The Hall–Kier alpha value is -3.73. The number of aromatic nitrogens is 1. The molecule has 0 unspecified atom stereocenters. The van der Waals surface area contributed by atoms with Gasteiger partial charge in [0.2, 0.25) is 0 Å². The molecule has 5 nitrogen and oxygen atoms in total. The van der Waals surface area contributed by atoms with E-state index in [1.165, 1.54) is 5.56 Å². The second-order valence-electron chi connectivity index (χ2n) is 7.19. The number of amides is 1. The Kier molecular flexibility index (Phi) is 5.44. The van der Waals surface area contributed by atoms with Crippen LogP contribution in [0.25, 0.3) is 16.9 Å². The van der Waals surface area contributed by atoms with Gasteiger partial charge in [-0.1, -0.05) is 17.7 Å². The minimum absolute atomic E-state index is 0.135. The fraction of sp³-hybridized carbons (Fsp3) is 0.160. The van der Waals surface area contributed by atoms with Gasteiger partial charge < -0.3 is 19.0 Å². The predicted molar refractivity (Wildman–Crippen MR) is 117 cm³/mol. The lowest BCUT2D eigenvalue weighted by Crippen LogP contribution is -2.23. The summed E-state index contributed by atoms with van der Waals surface area (Å²) in [7, 11) is 1.65. The van der Waals surface area contributed by atoms with E-state index in [-0.39, 0.29) is 5.91 Å². The maximum atomic E-state index is 13.0. The molecular formula is C25H24N2O3. The van der Waals surface area contributed by atoms with E-state index in [2.05, 4.69) is 41.1 Å². The van der Waals surface area contributed by atoms with Gasteiger partial charge in [0.05, 0.1) is 31.2 Å². The van der Waals surface area contributed by atoms with Crippen LogP contribution in [-0.4, -0.2) is 17.6 Å². The molecule has 152 valence electrons. The summed E-state index contributed by atoms with van der Waals surface area (Å²) in [4.78, 5) is 13.0. The van der Waals surface area contributed by atoms with Crippen molar-refractivity contribution in [1.29, 1.82) is 0 Å². The average Bonchev–Trinajstić information content (AvgIpc) is 3.41. The Balaban J connectivity index is 1.75. The van der Waals surface area contributed by atoms with Crippen molar-refractivity contribution in [2.24, 2.45) is 0 Å². The largest absolute Gasteiger partial charge is 0.497 e. The highest BCUT2D eigenvalue weighted by Gasteiger charge is 2.20. The molecule has 4 aromatic rings. The number of ether oxygens (including phenoxy) is 1. The second kappa shape index (κ2) is 8.33. The first-order chi connectivity index (χ1) is 14.6. The van der Waals surface area contributed by atoms with Crippen molar-refractivity contribution in [1.82, 2.24) is 9.88 Å². The summed E-state index contributed by atoms with van der Waals surface area (Å²) >= 11 is 0. The lowest BCUT2D eigenvalue weighted by molar-refractivity contribution is 0.0947. The van der Waals surface area contributed by atoms with Gasteiger partial charge in [-0.05, 0) is 74.0 Å². The molecular weight excluding hydrogens is 376 g/mol. The van der Waals surface area contributed by atoms with Gasteiger partial charge in [-0.3, -0.25) is 4.79 Å². The molecule has 2 heterocycles. The first-order valence-electron chi connectivity index (χ1n) is 9.81. The SMILES string of the molecule is COc1ccc(-c2cc(C(=O)NCc3ccco3)c(C)n2-c2ccc(C)cc2)cc1. The number of nitrogens with zero attached hydrogens (tertiary/aromatic N) is 1. The van der Waals surface area contributed by atoms with Crippen LogP contribution in [0.3, 0.4) is 0 Å². The molecule has 0 fully saturated rings. The maximum Gasteiger partial charge on any atom is 0.253 e. The zero-order valence-electron chi connectivity index (χ0n) is 17.3. The Labute approximate surface area is 175 Å². The monoisotopic (exact) mass is 400 g/mol. The lowest BCUT2D eigenvalue weighted by atomic mass is 10.1. The summed E-state index contributed by atoms with van der Waals surface area (Å²) < 4.78 is 12.7. The number of aryl methyl sites for hydroxylation is 1. The summed E-state index contributed by atoms with van der Waals surface area (Å²) in [6.07, 6.45) is 1.60. The van der Waals surface area contributed by atoms with Crippen molar-refractivity contribution in [3.05, 3.63) is 95.6 Å². The molecule has 1 N–H and O–H groups in total. The highest BCUT2D eigenvalue weighted by molar-refractivity contribution is 5.97. The molecule has 0 aliphatic rings. The van der Waals surface area contributed by atoms with Gasteiger partial charge in [0.15, 0.2) is 0 Å². The fourth-order valence-corrected chi connectivity index (χ4v) is 3.51. The maximum absolute atomic E-state index is 13.0. The predicted octanol–water partition coefficient (Wildman–Crippen LogP) is 5.29. The van der Waals surface area contributed by atoms with Crippen LogP contribution in [0.15, 0.2) is 77.4 Å². The van der Waals surface area contributed by atoms with Crippen LogP contribution in [0.4, 0.5) is 0 Å². The number of carbonyl (C=O) groups excluding carboxylic acids is 1. The standard InChI is InChI=1S/C25H24N2O3/c1-17-6-10-20(11-7-17)27-18(2)23(25(28)26-16-22-5-4-14-30-22)15-24(27)19-8-12-21(29-3)13-9-19/h4-15H,16H2,1-3H3,(H,26,28). The van der Waals surface area contributed by atoms with Crippen LogP contribution in [0, 0.1) is 13.8 Å². The number of hydrogen-bond acceptors (Lipinski definition) is 3. The van der Waals surface area contributed by atoms with Crippen molar-refractivity contribution in [3.8, 4) is 22.7 Å². The molecule has 0 aliphatic heterocycles. The van der Waals surface area contributed by atoms with E-state index in [1.807, 2.05) is 49.4 Å². The van der Waals surface area contributed by atoms with Crippen LogP contribution in [0.5, 0.6) is 5.75 Å². The first-order valence-corrected chi connectivity index (χ1v) is 9.81. The van der Waals surface area contributed by atoms with Gasteiger partial charge in [-0.25, -0.2) is 0 Å². The molecule has 0 spiro atoms. The topological polar surface area (TPSA) is 56.4 Å². The Morgan fingerprint density at radius 2 is 1.77 bits per heavy atom. The molecule has 0 aliphatic carbocycles. The number of hydrogen-bond donors (Lipinski definition) is 1. The number of rotatable bonds is 6. The third kappa shape index (κ3) is 3.87. The molecule has 0 saturated carbocycles. The molecule has 2 aromatic carbocycles. The molecule has 0 saturated heterocycles. The summed E-state index contributed by atoms with van der Waals surface area (Å²) in [6.45, 7) is 4.37. The molecule has 5 heteroatoms. The van der Waals surface area contributed by atoms with Crippen molar-refractivity contribution < 1.29 is 13.9 Å². The highest BCUT2D eigenvalue weighted by Crippen LogP contribution is 2.31. The summed E-state index contributed by atoms with van der Waals surface area (Å²) in [5, 5.41) is 2.95. The van der Waals surface area contributed by atoms with E-state index in [0.29, 0.717) is 17.9 Å². The normalized spacial score (nSPS) is 10.8. The highest BCUT2D eigenvalue weighted by atomic mass is 16.5. The average molecular weight is 400 g/mol. The minimum atomic E-state index is -0.135. The molecule has 30 heavy (non-hydrogen) atoms. The number of carbonyl (C=O) groups is 1. The van der Waals surface area contributed by atoms with E-state index < -0.39 is 0 Å². The van der Waals surface area contributed by atoms with E-state index in [4.69, 9.17) is 9.15 Å². The number of methoxy groups -OCH3 is 1. The molecule has 0 bridgehead atoms. The Morgan fingerprint density at radius 3 is 2.40 bits per heavy atom. The smallest absolute Gasteiger partial charge is 0.253 e. The molecule has 0 radical (unpaired) electrons. The second-order valence-corrected chi connectivity index (χ2v) is 7.19. The van der Waals surface area contributed by atoms with E-state index >= 15 is 0 Å². The minimum Gasteiger partial charge on any atom is -0.497 e. The van der Waals surface area contributed by atoms with Gasteiger partial charge in [-0.15, -0.1) is 0 Å². The van der Waals surface area contributed by atoms with E-state index in [0.717, 1.165) is 28.4 Å². The van der Waals surface area contributed by atoms with Crippen LogP contribution < -0.4 is 10.1 Å². The van der Waals surface area contributed by atoms with Gasteiger partial charge in [0.25, 0.3) is 5.91 Å². The number of benzene rings is 2. The summed E-state index contributed by atoms with van der Waals surface area (Å²) in [6, 6.07) is 21.7. The van der Waals surface area contributed by atoms with Crippen molar-refractivity contribution >= 4 is 5.91 Å². The van der Waals surface area contributed by atoms with Crippen LogP contribution in [0.2, 0.25) is 0 Å². The van der Waals surface area contributed by atoms with E-state index in [1.54, 1.807) is 13.4 Å². The zero-order chi connectivity index (χ0) is 21.1. The summed E-state index contributed by atoms with van der Waals surface area (Å²) in [5.74, 6) is 1.37. The molecule has 4 rings (SSSR count). The summed E-state index contributed by atoms with van der Waals surface area (Å²) in [5.41, 5.74) is 5.65. The first kappa shape index (κ1) is 19.6. The van der Waals surface area contributed by atoms with Crippen LogP contribution in [0.1, 0.15) is 27.4 Å².